The molecule has 1 aliphatic heterocycles. The molecule has 14 nitrogen and oxygen atoms in total. The fourth-order valence-electron chi connectivity index (χ4n) is 1.25. The highest BCUT2D eigenvalue weighted by Crippen LogP contribution is 1.95. The number of hydrazine groups is 2. The van der Waals surface area contributed by atoms with Crippen molar-refractivity contribution < 1.29 is 0 Å². The first-order chi connectivity index (χ1) is 8.90. The zero-order valence-electron chi connectivity index (χ0n) is 8.84. The van der Waals surface area contributed by atoms with Crippen LogP contribution < -0.4 is 32.3 Å². The predicted molar refractivity (Wildman–Crippen MR) is 55.7 cm³/mol. The molecule has 2 aromatic rings. The summed E-state index contributed by atoms with van der Waals surface area (Å²) < 4.78 is 0. The van der Waals surface area contributed by atoms with Crippen LogP contribution in [0, 0.1) is 0 Å². The molecule has 96 valence electrons. The third-order valence-electron chi connectivity index (χ3n) is 1.98. The van der Waals surface area contributed by atoms with Crippen molar-refractivity contribution in [2.45, 2.75) is 12.6 Å². The molecule has 0 unspecified atom stereocenters. The number of anilines is 2. The molecule has 0 bridgehead atoms. The molecule has 0 radical (unpaired) electrons. The topological polar surface area (TPSA) is 181 Å². The fourth-order valence-corrected chi connectivity index (χ4v) is 1.25. The SMILES string of the molecule is n1nc(NC2NNC(Nc3nn[nH]n3)NN2)n[nH]1. The van der Waals surface area contributed by atoms with Crippen molar-refractivity contribution in [1.82, 2.24) is 63.0 Å². The molecular formula is C4H10N14. The second-order valence-corrected chi connectivity index (χ2v) is 3.20. The summed E-state index contributed by atoms with van der Waals surface area (Å²) >= 11 is 0. The molecule has 14 heteroatoms. The van der Waals surface area contributed by atoms with E-state index in [0.29, 0.717) is 11.9 Å². The molecule has 1 fully saturated rings. The first-order valence-electron chi connectivity index (χ1n) is 4.92. The number of rotatable bonds is 4. The summed E-state index contributed by atoms with van der Waals surface area (Å²) in [7, 11) is 0. The number of nitrogens with zero attached hydrogens (tertiary/aromatic N) is 6. The second-order valence-electron chi connectivity index (χ2n) is 3.20. The van der Waals surface area contributed by atoms with Gasteiger partial charge in [0.25, 0.3) is 11.9 Å². The zero-order chi connectivity index (χ0) is 12.2. The summed E-state index contributed by atoms with van der Waals surface area (Å²) in [6.07, 6.45) is -0.656. The van der Waals surface area contributed by atoms with Gasteiger partial charge >= 0.3 is 0 Å². The first kappa shape index (κ1) is 10.7. The third-order valence-corrected chi connectivity index (χ3v) is 1.98. The van der Waals surface area contributed by atoms with E-state index in [9.17, 15) is 0 Å². The quantitative estimate of drug-likeness (QED) is 0.265. The minimum atomic E-state index is -0.328. The molecule has 1 aliphatic rings. The summed E-state index contributed by atoms with van der Waals surface area (Å²) in [4.78, 5) is 0. The molecule has 3 heterocycles. The maximum Gasteiger partial charge on any atom is 0.265 e. The molecule has 2 aromatic heterocycles. The Kier molecular flexibility index (Phi) is 2.88. The Morgan fingerprint density at radius 2 is 1.17 bits per heavy atom. The van der Waals surface area contributed by atoms with Gasteiger partial charge in [-0.1, -0.05) is 10.2 Å². The molecule has 0 spiro atoms. The Morgan fingerprint density at radius 3 is 1.50 bits per heavy atom. The lowest BCUT2D eigenvalue weighted by molar-refractivity contribution is 0.223. The van der Waals surface area contributed by atoms with E-state index < -0.39 is 0 Å². The minimum Gasteiger partial charge on any atom is -0.322 e. The zero-order valence-corrected chi connectivity index (χ0v) is 8.84. The maximum absolute atomic E-state index is 3.75. The van der Waals surface area contributed by atoms with Crippen molar-refractivity contribution in [3.8, 4) is 0 Å². The van der Waals surface area contributed by atoms with Crippen LogP contribution in [0.2, 0.25) is 0 Å². The van der Waals surface area contributed by atoms with Crippen LogP contribution in [-0.2, 0) is 0 Å². The van der Waals surface area contributed by atoms with Gasteiger partial charge in [-0.2, -0.15) is 10.4 Å². The average Bonchev–Trinajstić information content (AvgIpc) is 3.05. The van der Waals surface area contributed by atoms with Crippen LogP contribution in [0.4, 0.5) is 11.9 Å². The molecule has 0 atom stereocenters. The van der Waals surface area contributed by atoms with Gasteiger partial charge in [-0.3, -0.25) is 0 Å². The summed E-state index contributed by atoms with van der Waals surface area (Å²) in [6.45, 7) is 0. The van der Waals surface area contributed by atoms with E-state index in [0.717, 1.165) is 0 Å². The third kappa shape index (κ3) is 2.46. The van der Waals surface area contributed by atoms with Crippen molar-refractivity contribution in [1.29, 1.82) is 0 Å². The normalized spacial score (nSPS) is 23.8. The Bertz CT molecular complexity index is 394. The molecule has 3 rings (SSSR count). The Labute approximate surface area is 99.0 Å². The van der Waals surface area contributed by atoms with Gasteiger partial charge in [0, 0.05) is 0 Å². The van der Waals surface area contributed by atoms with Crippen LogP contribution in [0.25, 0.3) is 0 Å². The number of hydrogen-bond donors (Lipinski definition) is 8. The Hall–Kier alpha value is -2.42. The van der Waals surface area contributed by atoms with Crippen LogP contribution in [0.5, 0.6) is 0 Å². The van der Waals surface area contributed by atoms with Crippen LogP contribution in [0.3, 0.4) is 0 Å². The highest BCUT2D eigenvalue weighted by atomic mass is 15.7. The highest BCUT2D eigenvalue weighted by Gasteiger charge is 2.19. The number of tetrazole rings is 2. The molecule has 18 heavy (non-hydrogen) atoms. The van der Waals surface area contributed by atoms with E-state index in [1.165, 1.54) is 0 Å². The molecule has 0 aromatic carbocycles. The van der Waals surface area contributed by atoms with Gasteiger partial charge in [0.2, 0.25) is 0 Å². The smallest absolute Gasteiger partial charge is 0.265 e. The van der Waals surface area contributed by atoms with Gasteiger partial charge in [0.15, 0.2) is 12.6 Å². The number of nitrogens with one attached hydrogen (secondary N) is 8. The van der Waals surface area contributed by atoms with Crippen molar-refractivity contribution in [3.63, 3.8) is 0 Å². The van der Waals surface area contributed by atoms with Crippen LogP contribution in [0.15, 0.2) is 0 Å². The van der Waals surface area contributed by atoms with Crippen LogP contribution in [-0.4, -0.2) is 53.8 Å². The Morgan fingerprint density at radius 1 is 0.722 bits per heavy atom. The monoisotopic (exact) mass is 254 g/mol. The van der Waals surface area contributed by atoms with Gasteiger partial charge in [0.05, 0.1) is 0 Å². The molecular weight excluding hydrogens is 244 g/mol. The first-order valence-corrected chi connectivity index (χ1v) is 4.92. The van der Waals surface area contributed by atoms with Crippen LogP contribution >= 0.6 is 0 Å². The van der Waals surface area contributed by atoms with Gasteiger partial charge in [0.1, 0.15) is 0 Å². The van der Waals surface area contributed by atoms with E-state index in [4.69, 9.17) is 0 Å². The average molecular weight is 254 g/mol. The van der Waals surface area contributed by atoms with E-state index in [1.807, 2.05) is 0 Å². The molecule has 1 saturated heterocycles. The van der Waals surface area contributed by atoms with Crippen molar-refractivity contribution in [2.24, 2.45) is 0 Å². The number of H-pyrrole nitrogens is 2. The second kappa shape index (κ2) is 4.84. The van der Waals surface area contributed by atoms with Crippen LogP contribution in [0.1, 0.15) is 0 Å². The van der Waals surface area contributed by atoms with Gasteiger partial charge in [-0.15, -0.1) is 10.2 Å². The number of aromatic amines is 2. The molecule has 8 N–H and O–H groups in total. The predicted octanol–water partition coefficient (Wildman–Crippen LogP) is -3.99. The Balaban J connectivity index is 1.46. The largest absolute Gasteiger partial charge is 0.322 e. The highest BCUT2D eigenvalue weighted by molar-refractivity contribution is 5.22. The fraction of sp³-hybridized carbons (Fsp3) is 0.500. The van der Waals surface area contributed by atoms with E-state index in [2.05, 4.69) is 73.6 Å². The van der Waals surface area contributed by atoms with E-state index in [1.54, 1.807) is 0 Å². The standard InChI is InChI=1S/C4H10N14/c5(3-11-15-16-12-3)1-7-9-2(10-8-1)6-4-13-17-18-14-4/h1-2,7-10H,(H2,5,11,12,15,16)(H2,6,13,14,17,18). The maximum atomic E-state index is 3.75. The molecule has 0 amide bonds. The van der Waals surface area contributed by atoms with Crippen molar-refractivity contribution in [3.05, 3.63) is 0 Å². The van der Waals surface area contributed by atoms with E-state index in [-0.39, 0.29) is 12.6 Å². The molecule has 0 saturated carbocycles. The van der Waals surface area contributed by atoms with Gasteiger partial charge < -0.3 is 10.6 Å². The summed E-state index contributed by atoms with van der Waals surface area (Å²) in [5, 5.41) is 32.3. The van der Waals surface area contributed by atoms with Gasteiger partial charge in [-0.05, 0) is 10.4 Å². The number of aromatic nitrogens is 8. The van der Waals surface area contributed by atoms with E-state index >= 15 is 0 Å². The summed E-state index contributed by atoms with van der Waals surface area (Å²) in [5.41, 5.74) is 11.7. The lowest BCUT2D eigenvalue weighted by atomic mass is 10.7. The van der Waals surface area contributed by atoms with Crippen molar-refractivity contribution >= 4 is 11.9 Å². The number of hydrogen-bond acceptors (Lipinski definition) is 12. The lowest BCUT2D eigenvalue weighted by Crippen LogP contribution is -2.72. The summed E-state index contributed by atoms with van der Waals surface area (Å²) in [6, 6.07) is 0. The van der Waals surface area contributed by atoms with Crippen molar-refractivity contribution in [2.75, 3.05) is 10.6 Å². The summed E-state index contributed by atoms with van der Waals surface area (Å²) in [5.74, 6) is 0.710. The molecule has 0 aliphatic carbocycles. The van der Waals surface area contributed by atoms with Gasteiger partial charge in [-0.25, -0.2) is 21.7 Å². The lowest BCUT2D eigenvalue weighted by Gasteiger charge is -2.32. The minimum absolute atomic E-state index is 0.328.